The van der Waals surface area contributed by atoms with Gasteiger partial charge in [0.25, 0.3) is 0 Å². The molecule has 0 unspecified atom stereocenters. The Bertz CT molecular complexity index is 234. The molecule has 0 aromatic heterocycles. The smallest absolute Gasteiger partial charge is 0.0227 e. The Kier molecular flexibility index (Phi) is 8.02. The van der Waals surface area contributed by atoms with Crippen LogP contribution in [0.3, 0.4) is 0 Å². The molecule has 0 N–H and O–H groups in total. The summed E-state index contributed by atoms with van der Waals surface area (Å²) in [5, 5.41) is 0. The van der Waals surface area contributed by atoms with Crippen LogP contribution < -0.4 is 0 Å². The van der Waals surface area contributed by atoms with E-state index in [2.05, 4.69) is 64.0 Å². The van der Waals surface area contributed by atoms with Crippen molar-refractivity contribution >= 4 is 0 Å². The Morgan fingerprint density at radius 3 is 1.73 bits per heavy atom. The molecule has 0 heterocycles. The standard InChI is InChI=1S/C10H15N.C4H10/c1-9-4-6-10(7-5-9)8-11(2)3;1-3-4-2/h4-7H,8H2,1-3H3;3-4H2,1-2H3. The largest absolute Gasteiger partial charge is 0.305 e. The molecule has 15 heavy (non-hydrogen) atoms. The van der Waals surface area contributed by atoms with E-state index in [1.807, 2.05) is 0 Å². The van der Waals surface area contributed by atoms with E-state index < -0.39 is 0 Å². The second-order valence-electron chi connectivity index (χ2n) is 4.22. The van der Waals surface area contributed by atoms with Crippen molar-refractivity contribution in [3.05, 3.63) is 35.4 Å². The third-order valence-corrected chi connectivity index (χ3v) is 2.12. The molecule has 0 bridgehead atoms. The number of hydrogen-bond donors (Lipinski definition) is 0. The van der Waals surface area contributed by atoms with Gasteiger partial charge in [-0.05, 0) is 26.6 Å². The topological polar surface area (TPSA) is 3.24 Å². The molecule has 1 nitrogen and oxygen atoms in total. The molecule has 0 atom stereocenters. The number of unbranched alkanes of at least 4 members (excludes halogenated alkanes) is 1. The molecule has 86 valence electrons. The Balaban J connectivity index is 0.000000423. The minimum Gasteiger partial charge on any atom is -0.305 e. The number of aryl methyl sites for hydroxylation is 1. The molecule has 0 aliphatic rings. The first-order valence-corrected chi connectivity index (χ1v) is 5.80. The fourth-order valence-electron chi connectivity index (χ4n) is 1.06. The summed E-state index contributed by atoms with van der Waals surface area (Å²) in [6.45, 7) is 7.50. The lowest BCUT2D eigenvalue weighted by Crippen LogP contribution is -2.10. The van der Waals surface area contributed by atoms with Gasteiger partial charge >= 0.3 is 0 Å². The maximum atomic E-state index is 2.18. The van der Waals surface area contributed by atoms with Crippen LogP contribution in [0.5, 0.6) is 0 Å². The second kappa shape index (κ2) is 8.49. The van der Waals surface area contributed by atoms with Gasteiger partial charge in [-0.25, -0.2) is 0 Å². The van der Waals surface area contributed by atoms with E-state index in [0.29, 0.717) is 0 Å². The zero-order chi connectivity index (χ0) is 11.7. The average Bonchev–Trinajstić information content (AvgIpc) is 2.21. The van der Waals surface area contributed by atoms with E-state index in [1.54, 1.807) is 0 Å². The van der Waals surface area contributed by atoms with Crippen LogP contribution in [0.25, 0.3) is 0 Å². The summed E-state index contributed by atoms with van der Waals surface area (Å²) in [6, 6.07) is 8.66. The second-order valence-corrected chi connectivity index (χ2v) is 4.22. The monoisotopic (exact) mass is 207 g/mol. The molecule has 0 spiro atoms. The summed E-state index contributed by atoms with van der Waals surface area (Å²) in [6.07, 6.45) is 2.64. The van der Waals surface area contributed by atoms with Gasteiger partial charge in [-0.15, -0.1) is 0 Å². The van der Waals surface area contributed by atoms with Gasteiger partial charge in [0.15, 0.2) is 0 Å². The molecule has 1 heteroatoms. The molecule has 0 radical (unpaired) electrons. The zero-order valence-electron chi connectivity index (χ0n) is 10.9. The lowest BCUT2D eigenvalue weighted by molar-refractivity contribution is 0.402. The van der Waals surface area contributed by atoms with Crippen molar-refractivity contribution in [2.24, 2.45) is 0 Å². The zero-order valence-corrected chi connectivity index (χ0v) is 10.9. The van der Waals surface area contributed by atoms with Crippen LogP contribution in [0.2, 0.25) is 0 Å². The maximum absolute atomic E-state index is 2.18. The van der Waals surface area contributed by atoms with Crippen molar-refractivity contribution in [1.82, 2.24) is 4.90 Å². The van der Waals surface area contributed by atoms with E-state index in [4.69, 9.17) is 0 Å². The molecule has 1 aromatic carbocycles. The summed E-state index contributed by atoms with van der Waals surface area (Å²) < 4.78 is 0. The Hall–Kier alpha value is -0.820. The summed E-state index contributed by atoms with van der Waals surface area (Å²) in [7, 11) is 4.17. The molecule has 1 rings (SSSR count). The van der Waals surface area contributed by atoms with Gasteiger partial charge in [0.2, 0.25) is 0 Å². The van der Waals surface area contributed by atoms with Gasteiger partial charge in [-0.3, -0.25) is 0 Å². The lowest BCUT2D eigenvalue weighted by atomic mass is 10.1. The van der Waals surface area contributed by atoms with Crippen LogP contribution >= 0.6 is 0 Å². The van der Waals surface area contributed by atoms with Crippen LogP contribution in [-0.4, -0.2) is 19.0 Å². The molecular weight excluding hydrogens is 182 g/mol. The number of rotatable bonds is 3. The van der Waals surface area contributed by atoms with Gasteiger partial charge in [-0.1, -0.05) is 56.5 Å². The summed E-state index contributed by atoms with van der Waals surface area (Å²) in [5.41, 5.74) is 2.70. The van der Waals surface area contributed by atoms with Crippen molar-refractivity contribution in [1.29, 1.82) is 0 Å². The highest BCUT2D eigenvalue weighted by atomic mass is 15.0. The Morgan fingerprint density at radius 2 is 1.40 bits per heavy atom. The summed E-state index contributed by atoms with van der Waals surface area (Å²) in [4.78, 5) is 2.17. The van der Waals surface area contributed by atoms with Gasteiger partial charge in [0, 0.05) is 6.54 Å². The molecule has 0 fully saturated rings. The lowest BCUT2D eigenvalue weighted by Gasteiger charge is -2.08. The van der Waals surface area contributed by atoms with Crippen molar-refractivity contribution < 1.29 is 0 Å². The third kappa shape index (κ3) is 8.19. The first-order valence-electron chi connectivity index (χ1n) is 5.80. The molecule has 0 aliphatic heterocycles. The first-order chi connectivity index (χ1) is 7.10. The Labute approximate surface area is 95.1 Å². The highest BCUT2D eigenvalue weighted by Gasteiger charge is 1.92. The van der Waals surface area contributed by atoms with Crippen LogP contribution in [0.1, 0.15) is 37.8 Å². The predicted molar refractivity (Wildman–Crippen MR) is 69.2 cm³/mol. The fourth-order valence-corrected chi connectivity index (χ4v) is 1.06. The van der Waals surface area contributed by atoms with E-state index in [0.717, 1.165) is 6.54 Å². The summed E-state index contributed by atoms with van der Waals surface area (Å²) >= 11 is 0. The first kappa shape index (κ1) is 14.2. The molecule has 0 amide bonds. The van der Waals surface area contributed by atoms with Crippen LogP contribution in [-0.2, 0) is 6.54 Å². The molecule has 1 aromatic rings. The van der Waals surface area contributed by atoms with Crippen molar-refractivity contribution in [2.75, 3.05) is 14.1 Å². The molecular formula is C14H25N. The minimum absolute atomic E-state index is 1.03. The fraction of sp³-hybridized carbons (Fsp3) is 0.571. The average molecular weight is 207 g/mol. The minimum atomic E-state index is 1.03. The van der Waals surface area contributed by atoms with Crippen molar-refractivity contribution in [3.8, 4) is 0 Å². The summed E-state index contributed by atoms with van der Waals surface area (Å²) in [5.74, 6) is 0. The normalized spacial score (nSPS) is 9.73. The van der Waals surface area contributed by atoms with Crippen molar-refractivity contribution in [2.45, 2.75) is 40.2 Å². The van der Waals surface area contributed by atoms with Gasteiger partial charge in [-0.2, -0.15) is 0 Å². The molecule has 0 aliphatic carbocycles. The van der Waals surface area contributed by atoms with Crippen molar-refractivity contribution in [3.63, 3.8) is 0 Å². The maximum Gasteiger partial charge on any atom is 0.0227 e. The number of nitrogens with zero attached hydrogens (tertiary/aromatic N) is 1. The number of hydrogen-bond acceptors (Lipinski definition) is 1. The van der Waals surface area contributed by atoms with Gasteiger partial charge in [0.05, 0.1) is 0 Å². The van der Waals surface area contributed by atoms with E-state index in [-0.39, 0.29) is 0 Å². The third-order valence-electron chi connectivity index (χ3n) is 2.12. The van der Waals surface area contributed by atoms with Gasteiger partial charge < -0.3 is 4.90 Å². The quantitative estimate of drug-likeness (QED) is 0.727. The predicted octanol–water partition coefficient (Wildman–Crippen LogP) is 3.86. The van der Waals surface area contributed by atoms with E-state index >= 15 is 0 Å². The Morgan fingerprint density at radius 1 is 0.933 bits per heavy atom. The van der Waals surface area contributed by atoms with Crippen LogP contribution in [0, 0.1) is 6.92 Å². The number of benzene rings is 1. The molecule has 0 saturated heterocycles. The van der Waals surface area contributed by atoms with E-state index in [9.17, 15) is 0 Å². The molecule has 0 saturated carbocycles. The van der Waals surface area contributed by atoms with E-state index in [1.165, 1.54) is 24.0 Å². The van der Waals surface area contributed by atoms with Crippen LogP contribution in [0.4, 0.5) is 0 Å². The SMILES string of the molecule is CCCC.Cc1ccc(CN(C)C)cc1. The van der Waals surface area contributed by atoms with Gasteiger partial charge in [0.1, 0.15) is 0 Å². The van der Waals surface area contributed by atoms with Crippen LogP contribution in [0.15, 0.2) is 24.3 Å². The highest BCUT2D eigenvalue weighted by molar-refractivity contribution is 5.20. The highest BCUT2D eigenvalue weighted by Crippen LogP contribution is 2.04.